The number of aromatic nitrogens is 1. The van der Waals surface area contributed by atoms with Crippen molar-refractivity contribution in [1.29, 1.82) is 0 Å². The van der Waals surface area contributed by atoms with Gasteiger partial charge in [0.15, 0.2) is 5.78 Å². The van der Waals surface area contributed by atoms with Crippen molar-refractivity contribution in [2.45, 2.75) is 111 Å². The third kappa shape index (κ3) is 17.1. The van der Waals surface area contributed by atoms with Crippen LogP contribution in [0.25, 0.3) is 5.57 Å². The van der Waals surface area contributed by atoms with Gasteiger partial charge in [0.2, 0.25) is 5.91 Å². The number of rotatable bonds is 21. The Balaban J connectivity index is 1.80. The average Bonchev–Trinajstić information content (AvgIpc) is 3.34. The van der Waals surface area contributed by atoms with Gasteiger partial charge in [0.25, 0.3) is 0 Å². The quantitative estimate of drug-likeness (QED) is 0.0200. The van der Waals surface area contributed by atoms with Gasteiger partial charge in [-0.25, -0.2) is 28.6 Å². The topological polar surface area (TPSA) is 198 Å². The number of aliphatic imine (C=N–C) groups is 1. The van der Waals surface area contributed by atoms with Crippen LogP contribution in [0.5, 0.6) is 0 Å². The van der Waals surface area contributed by atoms with Crippen molar-refractivity contribution < 1.29 is 82.4 Å². The van der Waals surface area contributed by atoms with Gasteiger partial charge in [0.1, 0.15) is 23.5 Å². The summed E-state index contributed by atoms with van der Waals surface area (Å²) in [5.41, 5.74) is 1.22. The molecule has 0 spiro atoms. The van der Waals surface area contributed by atoms with Crippen LogP contribution in [-0.4, -0.2) is 122 Å². The van der Waals surface area contributed by atoms with E-state index in [4.69, 9.17) is 10.5 Å². The number of aliphatic hydroxyl groups is 1. The number of hydrogen-bond donors (Lipinski definition) is 4. The number of amides is 2. The van der Waals surface area contributed by atoms with Gasteiger partial charge in [-0.05, 0) is 87.6 Å². The molecule has 2 aromatic carbocycles. The number of esters is 1. The highest BCUT2D eigenvalue weighted by Crippen LogP contribution is 2.45. The average molecular weight is 1100 g/mol. The Morgan fingerprint density at radius 2 is 1.47 bits per heavy atom. The van der Waals surface area contributed by atoms with Gasteiger partial charge < -0.3 is 35.3 Å². The Morgan fingerprint density at radius 3 is 1.97 bits per heavy atom. The van der Waals surface area contributed by atoms with Gasteiger partial charge >= 0.3 is 31.0 Å². The standard InChI is InChI=1S/C52H61F10N7O8/c1-29-25-68(26-30(2)77-29)43-16-15-33(23-64-43)14-11-31-9-12-32(13-10-31)17-35(20-41(70)45(66-48(74)76-8)50(5,6)52(60,61)62)42(71)28-69(67-46(73)38(21-44(72)75-7)49(3,4)51(57,58)59)27-37-39(53)18-34(19-40(37)54)36(22-63)24-65-47(55)56/h9-10,12-13,15-16,18-19,22-24,29-30,35,38,42,45,47,71H,17,20-21,25-28,63H2,1-8H3,(H,66,74)(H,67,73)/t29-,30+,35-,38-,42+,45-/m1/s1. The van der Waals surface area contributed by atoms with Crippen molar-refractivity contribution in [3.8, 4) is 11.8 Å². The number of alkyl halides is 8. The number of nitrogens with two attached hydrogens (primary N) is 1. The van der Waals surface area contributed by atoms with E-state index in [0.29, 0.717) is 87.0 Å². The summed E-state index contributed by atoms with van der Waals surface area (Å²) < 4.78 is 160. The number of alkyl carbamates (subject to hydrolysis) is 1. The molecule has 0 saturated carbocycles. The number of halogens is 10. The molecule has 2 amide bonds. The first-order valence-electron chi connectivity index (χ1n) is 23.8. The molecule has 0 aliphatic carbocycles. The summed E-state index contributed by atoms with van der Waals surface area (Å²) in [4.78, 5) is 62.5. The van der Waals surface area contributed by atoms with Crippen molar-refractivity contribution in [3.05, 3.63) is 100 Å². The fourth-order valence-corrected chi connectivity index (χ4v) is 8.25. The van der Waals surface area contributed by atoms with E-state index in [9.17, 15) is 59.4 Å². The van der Waals surface area contributed by atoms with Crippen LogP contribution in [0.1, 0.15) is 82.2 Å². The Bertz CT molecular complexity index is 2620. The smallest absolute Gasteiger partial charge is 0.407 e. The molecule has 1 aliphatic rings. The summed E-state index contributed by atoms with van der Waals surface area (Å²) in [5.74, 6) is -4.14. The normalized spacial score (nSPS) is 17.3. The van der Waals surface area contributed by atoms with Crippen molar-refractivity contribution in [1.82, 2.24) is 20.7 Å². The van der Waals surface area contributed by atoms with Crippen LogP contribution < -0.4 is 21.4 Å². The number of allylic oxidation sites excluding steroid dienone is 1. The third-order valence-electron chi connectivity index (χ3n) is 13.0. The fourth-order valence-electron chi connectivity index (χ4n) is 8.25. The second-order valence-corrected chi connectivity index (χ2v) is 19.5. The minimum Gasteiger partial charge on any atom is -0.469 e. The fraction of sp³-hybridized carbons (Fsp3) is 0.500. The molecular weight excluding hydrogens is 1040 g/mol. The van der Waals surface area contributed by atoms with Crippen molar-refractivity contribution in [2.75, 3.05) is 38.8 Å². The predicted octanol–water partition coefficient (Wildman–Crippen LogP) is 8.06. The van der Waals surface area contributed by atoms with Gasteiger partial charge in [-0.2, -0.15) is 35.1 Å². The lowest BCUT2D eigenvalue weighted by molar-refractivity contribution is -0.231. The first-order valence-corrected chi connectivity index (χ1v) is 23.8. The van der Waals surface area contributed by atoms with E-state index in [1.807, 2.05) is 25.2 Å². The van der Waals surface area contributed by atoms with Gasteiger partial charge in [-0.15, -0.1) is 0 Å². The summed E-state index contributed by atoms with van der Waals surface area (Å²) in [6.07, 6.45) is -13.5. The maximum atomic E-state index is 16.0. The van der Waals surface area contributed by atoms with Gasteiger partial charge in [0.05, 0.1) is 55.7 Å². The van der Waals surface area contributed by atoms with E-state index in [0.717, 1.165) is 20.0 Å². The van der Waals surface area contributed by atoms with Crippen LogP contribution in [0.3, 0.4) is 0 Å². The molecule has 1 aromatic heterocycles. The maximum absolute atomic E-state index is 16.0. The number of nitrogens with zero attached hydrogens (tertiary/aromatic N) is 4. The molecule has 1 saturated heterocycles. The summed E-state index contributed by atoms with van der Waals surface area (Å²) in [6, 6.07) is 8.63. The Hall–Kier alpha value is -6.78. The Morgan fingerprint density at radius 1 is 0.896 bits per heavy atom. The van der Waals surface area contributed by atoms with E-state index in [1.165, 1.54) is 12.1 Å². The number of ketones is 1. The van der Waals surface area contributed by atoms with Crippen molar-refractivity contribution >= 4 is 41.4 Å². The molecule has 25 heteroatoms. The van der Waals surface area contributed by atoms with E-state index in [1.54, 1.807) is 24.4 Å². The maximum Gasteiger partial charge on any atom is 0.407 e. The van der Waals surface area contributed by atoms with Crippen LogP contribution in [0.2, 0.25) is 0 Å². The number of benzene rings is 2. The number of carbonyl (C=O) groups excluding carboxylic acids is 4. The molecule has 2 heterocycles. The lowest BCUT2D eigenvalue weighted by atomic mass is 9.75. The number of methoxy groups -OCH3 is 2. The number of aliphatic hydroxyl groups excluding tert-OH is 1. The predicted molar refractivity (Wildman–Crippen MR) is 262 cm³/mol. The number of nitrogens with one attached hydrogen (secondary N) is 2. The van der Waals surface area contributed by atoms with Gasteiger partial charge in [0, 0.05) is 73.5 Å². The molecule has 6 atom stereocenters. The molecule has 4 rings (SSSR count). The molecule has 0 unspecified atom stereocenters. The van der Waals surface area contributed by atoms with Crippen LogP contribution in [0.15, 0.2) is 65.9 Å². The molecule has 1 aliphatic heterocycles. The molecular formula is C52H61F10N7O8. The highest BCUT2D eigenvalue weighted by Gasteiger charge is 2.57. The summed E-state index contributed by atoms with van der Waals surface area (Å²) in [7, 11) is 1.68. The lowest BCUT2D eigenvalue weighted by Gasteiger charge is -2.37. The highest BCUT2D eigenvalue weighted by atomic mass is 19.4. The molecule has 15 nitrogen and oxygen atoms in total. The number of carbonyl (C=O) groups is 4. The minimum atomic E-state index is -5.17. The van der Waals surface area contributed by atoms with Crippen LogP contribution >= 0.6 is 0 Å². The van der Waals surface area contributed by atoms with E-state index < -0.39 is 126 Å². The SMILES string of the molecule is COC(=O)C[C@H](C(=O)NN(Cc1c(F)cc(C(C=NC(F)F)=CN)cc1F)C[C@H](O)[C@@H](CC(=O)[C@@H](NC(=O)OC)C(C)(C)C(F)(F)F)Cc1ccc(C#Cc2ccc(N3C[C@@H](C)O[C@@H](C)C3)nc2)cc1)C(C)(C)C(F)(F)F. The number of Topliss-reactive ketones (excluding diaryl/α,β-unsaturated/α-hetero) is 1. The first kappa shape index (κ1) is 62.8. The van der Waals surface area contributed by atoms with Crippen LogP contribution in [0, 0.1) is 46.1 Å². The second-order valence-electron chi connectivity index (χ2n) is 19.5. The van der Waals surface area contributed by atoms with E-state index >= 15 is 8.78 Å². The van der Waals surface area contributed by atoms with Crippen molar-refractivity contribution in [2.24, 2.45) is 33.4 Å². The number of hydrogen-bond acceptors (Lipinski definition) is 13. The molecule has 0 radical (unpaired) electrons. The molecule has 5 N–H and O–H groups in total. The third-order valence-corrected chi connectivity index (χ3v) is 13.0. The van der Waals surface area contributed by atoms with E-state index in [2.05, 4.69) is 41.6 Å². The molecule has 77 heavy (non-hydrogen) atoms. The Labute approximate surface area is 438 Å². The summed E-state index contributed by atoms with van der Waals surface area (Å²) in [6.45, 7) is 2.24. The molecule has 3 aromatic rings. The summed E-state index contributed by atoms with van der Waals surface area (Å²) >= 11 is 0. The molecule has 422 valence electrons. The molecule has 1 fully saturated rings. The van der Waals surface area contributed by atoms with Gasteiger partial charge in [-0.1, -0.05) is 37.8 Å². The zero-order chi connectivity index (χ0) is 57.8. The van der Waals surface area contributed by atoms with E-state index in [-0.39, 0.29) is 24.2 Å². The number of ether oxygens (including phenoxy) is 3. The number of pyridine rings is 1. The lowest BCUT2D eigenvalue weighted by Crippen LogP contribution is -2.57. The molecule has 0 bridgehead atoms. The second kappa shape index (κ2) is 26.5. The first-order chi connectivity index (χ1) is 35.8. The highest BCUT2D eigenvalue weighted by molar-refractivity contribution is 6.09. The zero-order valence-corrected chi connectivity index (χ0v) is 43.3. The van der Waals surface area contributed by atoms with Crippen LogP contribution in [0.4, 0.5) is 54.5 Å². The Kier molecular flexibility index (Phi) is 21.6. The number of morpholine rings is 1. The van der Waals surface area contributed by atoms with Crippen LogP contribution in [-0.2, 0) is 41.6 Å². The zero-order valence-electron chi connectivity index (χ0n) is 43.3. The largest absolute Gasteiger partial charge is 0.469 e. The number of hydrazine groups is 1. The van der Waals surface area contributed by atoms with Crippen molar-refractivity contribution in [3.63, 3.8) is 0 Å². The summed E-state index contributed by atoms with van der Waals surface area (Å²) in [5, 5.41) is 14.6. The number of anilines is 1. The van der Waals surface area contributed by atoms with Gasteiger partial charge in [-0.3, -0.25) is 19.8 Å². The monoisotopic (exact) mass is 1100 g/mol. The minimum absolute atomic E-state index is 0.00124.